The SMILES string of the molecule is COc1cc2c(cc1NC(=O)COC(=O)c1ccccc1O)oc1ccccc12. The highest BCUT2D eigenvalue weighted by molar-refractivity contribution is 6.08. The molecule has 0 radical (unpaired) electrons. The second-order valence-electron chi connectivity index (χ2n) is 6.29. The van der Waals surface area contributed by atoms with Crippen LogP contribution in [0.3, 0.4) is 0 Å². The molecule has 1 aromatic heterocycles. The Labute approximate surface area is 165 Å². The molecule has 0 aliphatic carbocycles. The molecule has 29 heavy (non-hydrogen) atoms. The van der Waals surface area contributed by atoms with Gasteiger partial charge in [0.05, 0.1) is 12.8 Å². The van der Waals surface area contributed by atoms with E-state index >= 15 is 0 Å². The van der Waals surface area contributed by atoms with Crippen LogP contribution in [-0.4, -0.2) is 30.7 Å². The minimum absolute atomic E-state index is 0.0124. The molecule has 4 aromatic rings. The minimum Gasteiger partial charge on any atom is -0.507 e. The fourth-order valence-corrected chi connectivity index (χ4v) is 3.06. The number of carbonyl (C=O) groups excluding carboxylic acids is 2. The van der Waals surface area contributed by atoms with Crippen LogP contribution >= 0.6 is 0 Å². The molecule has 0 saturated carbocycles. The number of phenols is 1. The highest BCUT2D eigenvalue weighted by atomic mass is 16.5. The summed E-state index contributed by atoms with van der Waals surface area (Å²) >= 11 is 0. The van der Waals surface area contributed by atoms with Gasteiger partial charge in [0.1, 0.15) is 28.2 Å². The van der Waals surface area contributed by atoms with Crippen molar-refractivity contribution in [1.82, 2.24) is 0 Å². The third-order valence-electron chi connectivity index (χ3n) is 4.43. The number of fused-ring (bicyclic) bond motifs is 3. The van der Waals surface area contributed by atoms with Gasteiger partial charge in [-0.25, -0.2) is 4.79 Å². The van der Waals surface area contributed by atoms with E-state index in [-0.39, 0.29) is 11.3 Å². The maximum atomic E-state index is 12.3. The van der Waals surface area contributed by atoms with E-state index < -0.39 is 18.5 Å². The number of benzene rings is 3. The van der Waals surface area contributed by atoms with Crippen molar-refractivity contribution in [3.8, 4) is 11.5 Å². The van der Waals surface area contributed by atoms with E-state index in [1.807, 2.05) is 24.3 Å². The molecule has 3 aromatic carbocycles. The molecule has 0 fully saturated rings. The zero-order valence-corrected chi connectivity index (χ0v) is 15.5. The summed E-state index contributed by atoms with van der Waals surface area (Å²) in [4.78, 5) is 24.3. The maximum absolute atomic E-state index is 12.3. The van der Waals surface area contributed by atoms with Crippen LogP contribution in [0.25, 0.3) is 21.9 Å². The van der Waals surface area contributed by atoms with Crippen molar-refractivity contribution in [2.24, 2.45) is 0 Å². The Morgan fingerprint density at radius 2 is 1.76 bits per heavy atom. The van der Waals surface area contributed by atoms with Gasteiger partial charge in [0.25, 0.3) is 5.91 Å². The lowest BCUT2D eigenvalue weighted by atomic mass is 10.1. The Balaban J connectivity index is 1.52. The lowest BCUT2D eigenvalue weighted by molar-refractivity contribution is -0.119. The fraction of sp³-hybridized carbons (Fsp3) is 0.0909. The average molecular weight is 391 g/mol. The van der Waals surface area contributed by atoms with Crippen LogP contribution in [0, 0.1) is 0 Å². The molecule has 1 amide bonds. The first kappa shape index (κ1) is 18.4. The first-order chi connectivity index (χ1) is 14.1. The average Bonchev–Trinajstić information content (AvgIpc) is 3.09. The molecule has 1 heterocycles. The van der Waals surface area contributed by atoms with Crippen molar-refractivity contribution in [1.29, 1.82) is 0 Å². The van der Waals surface area contributed by atoms with Crippen LogP contribution in [0.15, 0.2) is 65.1 Å². The number of esters is 1. The van der Waals surface area contributed by atoms with Gasteiger partial charge < -0.3 is 24.3 Å². The molecule has 0 aliphatic heterocycles. The molecule has 146 valence electrons. The van der Waals surface area contributed by atoms with Crippen LogP contribution in [0.2, 0.25) is 0 Å². The number of anilines is 1. The number of hydrogen-bond donors (Lipinski definition) is 2. The molecule has 0 bridgehead atoms. The fourth-order valence-electron chi connectivity index (χ4n) is 3.06. The van der Waals surface area contributed by atoms with Crippen LogP contribution in [-0.2, 0) is 9.53 Å². The predicted octanol–water partition coefficient (Wildman–Crippen LogP) is 4.10. The largest absolute Gasteiger partial charge is 0.507 e. The van der Waals surface area contributed by atoms with Crippen molar-refractivity contribution in [2.45, 2.75) is 0 Å². The lowest BCUT2D eigenvalue weighted by Gasteiger charge is -2.11. The number of nitrogens with one attached hydrogen (secondary N) is 1. The van der Waals surface area contributed by atoms with E-state index in [0.717, 1.165) is 16.4 Å². The van der Waals surface area contributed by atoms with E-state index in [4.69, 9.17) is 13.9 Å². The smallest absolute Gasteiger partial charge is 0.342 e. The highest BCUT2D eigenvalue weighted by Crippen LogP contribution is 2.36. The van der Waals surface area contributed by atoms with Gasteiger partial charge >= 0.3 is 5.97 Å². The number of para-hydroxylation sites is 2. The van der Waals surface area contributed by atoms with Gasteiger partial charge in [-0.3, -0.25) is 4.79 Å². The molecule has 0 aliphatic rings. The molecule has 0 unspecified atom stereocenters. The third-order valence-corrected chi connectivity index (χ3v) is 4.43. The Morgan fingerprint density at radius 1 is 1.00 bits per heavy atom. The molecule has 7 nitrogen and oxygen atoms in total. The van der Waals surface area contributed by atoms with Gasteiger partial charge in [-0.05, 0) is 24.3 Å². The summed E-state index contributed by atoms with van der Waals surface area (Å²) in [6.07, 6.45) is 0. The van der Waals surface area contributed by atoms with Gasteiger partial charge in [-0.2, -0.15) is 0 Å². The Bertz CT molecular complexity index is 1230. The van der Waals surface area contributed by atoms with Gasteiger partial charge in [-0.1, -0.05) is 30.3 Å². The van der Waals surface area contributed by atoms with Crippen LogP contribution in [0.5, 0.6) is 11.5 Å². The second kappa shape index (κ2) is 7.55. The quantitative estimate of drug-likeness (QED) is 0.497. The van der Waals surface area contributed by atoms with Crippen LogP contribution in [0.4, 0.5) is 5.69 Å². The third kappa shape index (κ3) is 3.58. The number of carbonyl (C=O) groups is 2. The number of furan rings is 1. The number of phenolic OH excluding ortho intramolecular Hbond substituents is 1. The van der Waals surface area contributed by atoms with E-state index in [9.17, 15) is 14.7 Å². The van der Waals surface area contributed by atoms with Crippen molar-refractivity contribution in [3.05, 3.63) is 66.2 Å². The zero-order chi connectivity index (χ0) is 20.4. The maximum Gasteiger partial charge on any atom is 0.342 e. The summed E-state index contributed by atoms with van der Waals surface area (Å²) in [5.41, 5.74) is 1.70. The molecule has 7 heteroatoms. The van der Waals surface area contributed by atoms with E-state index in [2.05, 4.69) is 5.32 Å². The summed E-state index contributed by atoms with van der Waals surface area (Å²) in [7, 11) is 1.50. The molecule has 0 spiro atoms. The molecule has 0 saturated heterocycles. The summed E-state index contributed by atoms with van der Waals surface area (Å²) in [6.45, 7) is -0.519. The van der Waals surface area contributed by atoms with Gasteiger partial charge in [0.15, 0.2) is 6.61 Å². The van der Waals surface area contributed by atoms with Crippen LogP contribution < -0.4 is 10.1 Å². The topological polar surface area (TPSA) is 98.0 Å². The summed E-state index contributed by atoms with van der Waals surface area (Å²) in [5, 5.41) is 14.1. The highest BCUT2D eigenvalue weighted by Gasteiger charge is 2.17. The van der Waals surface area contributed by atoms with E-state index in [0.29, 0.717) is 17.0 Å². The molecular weight excluding hydrogens is 374 g/mol. The first-order valence-corrected chi connectivity index (χ1v) is 8.81. The minimum atomic E-state index is -0.794. The monoisotopic (exact) mass is 391 g/mol. The number of aromatic hydroxyl groups is 1. The summed E-state index contributed by atoms with van der Waals surface area (Å²) in [5.74, 6) is -1.11. The zero-order valence-electron chi connectivity index (χ0n) is 15.5. The molecular formula is C22H17NO6. The van der Waals surface area contributed by atoms with Crippen molar-refractivity contribution in [3.63, 3.8) is 0 Å². The Morgan fingerprint density at radius 3 is 2.55 bits per heavy atom. The molecule has 0 atom stereocenters. The number of methoxy groups -OCH3 is 1. The van der Waals surface area contributed by atoms with Gasteiger partial charge in [-0.15, -0.1) is 0 Å². The first-order valence-electron chi connectivity index (χ1n) is 8.81. The summed E-state index contributed by atoms with van der Waals surface area (Å²) in [6, 6.07) is 17.0. The number of hydrogen-bond acceptors (Lipinski definition) is 6. The standard InChI is InChI=1S/C22H17NO6/c1-27-20-10-15-13-6-3-5-9-18(13)29-19(15)11-16(20)23-21(25)12-28-22(26)14-7-2-4-8-17(14)24/h2-11,24H,12H2,1H3,(H,23,25). The van der Waals surface area contributed by atoms with E-state index in [1.165, 1.54) is 19.2 Å². The normalized spacial score (nSPS) is 10.8. The lowest BCUT2D eigenvalue weighted by Crippen LogP contribution is -2.21. The number of ether oxygens (including phenoxy) is 2. The van der Waals surface area contributed by atoms with Gasteiger partial charge in [0.2, 0.25) is 0 Å². The Hall–Kier alpha value is -4.00. The summed E-state index contributed by atoms with van der Waals surface area (Å²) < 4.78 is 16.2. The Kier molecular flexibility index (Phi) is 4.78. The predicted molar refractivity (Wildman–Crippen MR) is 107 cm³/mol. The molecule has 2 N–H and O–H groups in total. The van der Waals surface area contributed by atoms with Crippen molar-refractivity contribution in [2.75, 3.05) is 19.0 Å². The van der Waals surface area contributed by atoms with Crippen molar-refractivity contribution < 1.29 is 28.6 Å². The number of rotatable bonds is 5. The second-order valence-corrected chi connectivity index (χ2v) is 6.29. The van der Waals surface area contributed by atoms with E-state index in [1.54, 1.807) is 24.3 Å². The number of amides is 1. The van der Waals surface area contributed by atoms with Gasteiger partial charge in [0, 0.05) is 16.8 Å². The van der Waals surface area contributed by atoms with Crippen molar-refractivity contribution >= 4 is 39.5 Å². The molecule has 4 rings (SSSR count). The van der Waals surface area contributed by atoms with Crippen LogP contribution in [0.1, 0.15) is 10.4 Å².